The van der Waals surface area contributed by atoms with E-state index in [4.69, 9.17) is 26.2 Å². The van der Waals surface area contributed by atoms with Crippen molar-refractivity contribution in [1.29, 1.82) is 0 Å². The summed E-state index contributed by atoms with van der Waals surface area (Å²) in [4.78, 5) is 21.2. The molecule has 0 atom stereocenters. The Balaban J connectivity index is 2.97. The molecule has 0 aliphatic carbocycles. The van der Waals surface area contributed by atoms with E-state index < -0.39 is 5.97 Å². The summed E-state index contributed by atoms with van der Waals surface area (Å²) in [5, 5.41) is 8.81. The van der Waals surface area contributed by atoms with Crippen LogP contribution < -0.4 is 9.47 Å². The first kappa shape index (κ1) is 14.1. The van der Waals surface area contributed by atoms with E-state index in [0.29, 0.717) is 11.8 Å². The van der Waals surface area contributed by atoms with Crippen LogP contribution in [0.4, 0.5) is 0 Å². The third-order valence-electron chi connectivity index (χ3n) is 2.08. The molecule has 6 heteroatoms. The van der Waals surface area contributed by atoms with Gasteiger partial charge in [0, 0.05) is 5.56 Å². The van der Waals surface area contributed by atoms with Crippen molar-refractivity contribution in [2.75, 3.05) is 13.7 Å². The molecule has 0 saturated heterocycles. The number of aliphatic carboxylic acids is 1. The van der Waals surface area contributed by atoms with Gasteiger partial charge >= 0.3 is 5.97 Å². The topological polar surface area (TPSA) is 72.8 Å². The quantitative estimate of drug-likeness (QED) is 0.633. The predicted octanol–water partition coefficient (Wildman–Crippen LogP) is 2.18. The standard InChI is InChI=1S/C12H11ClO5/c1-7(12(15)16)6-18-11-9(13)3-8(5-14)4-10(11)17-2/h3-5H,1,6H2,2H3,(H,15,16). The van der Waals surface area contributed by atoms with E-state index >= 15 is 0 Å². The molecule has 1 aromatic carbocycles. The number of rotatable bonds is 6. The third kappa shape index (κ3) is 3.24. The number of carbonyl (C=O) groups is 2. The zero-order chi connectivity index (χ0) is 13.7. The van der Waals surface area contributed by atoms with Crippen molar-refractivity contribution in [1.82, 2.24) is 0 Å². The summed E-state index contributed by atoms with van der Waals surface area (Å²) >= 11 is 5.91. The fourth-order valence-electron chi connectivity index (χ4n) is 1.17. The second kappa shape index (κ2) is 6.07. The normalized spacial score (nSPS) is 9.67. The Morgan fingerprint density at radius 3 is 2.72 bits per heavy atom. The van der Waals surface area contributed by atoms with Gasteiger partial charge in [-0.25, -0.2) is 4.79 Å². The molecular formula is C12H11ClO5. The van der Waals surface area contributed by atoms with Crippen molar-refractivity contribution in [2.24, 2.45) is 0 Å². The molecule has 96 valence electrons. The molecule has 0 aliphatic heterocycles. The minimum absolute atomic E-state index is 0.118. The van der Waals surface area contributed by atoms with E-state index in [9.17, 15) is 9.59 Å². The zero-order valence-electron chi connectivity index (χ0n) is 9.60. The van der Waals surface area contributed by atoms with Crippen molar-refractivity contribution >= 4 is 23.9 Å². The summed E-state index contributed by atoms with van der Waals surface area (Å²) in [7, 11) is 1.39. The smallest absolute Gasteiger partial charge is 0.334 e. The number of halogens is 1. The Hall–Kier alpha value is -2.01. The lowest BCUT2D eigenvalue weighted by Crippen LogP contribution is -2.09. The first-order valence-electron chi connectivity index (χ1n) is 4.86. The van der Waals surface area contributed by atoms with E-state index in [2.05, 4.69) is 6.58 Å². The van der Waals surface area contributed by atoms with Gasteiger partial charge in [0.05, 0.1) is 17.7 Å². The monoisotopic (exact) mass is 270 g/mol. The van der Waals surface area contributed by atoms with Gasteiger partial charge in [0.2, 0.25) is 0 Å². The molecule has 18 heavy (non-hydrogen) atoms. The summed E-state index contributed by atoms with van der Waals surface area (Å²) in [5.74, 6) is -0.732. The first-order chi connectivity index (χ1) is 8.49. The Kier molecular flexibility index (Phi) is 4.74. The van der Waals surface area contributed by atoms with Gasteiger partial charge in [-0.3, -0.25) is 4.79 Å². The van der Waals surface area contributed by atoms with Gasteiger partial charge < -0.3 is 14.6 Å². The Labute approximate surface area is 109 Å². The van der Waals surface area contributed by atoms with E-state index in [1.165, 1.54) is 19.2 Å². The number of carbonyl (C=O) groups excluding carboxylic acids is 1. The molecular weight excluding hydrogens is 260 g/mol. The fourth-order valence-corrected chi connectivity index (χ4v) is 1.44. The van der Waals surface area contributed by atoms with E-state index in [0.717, 1.165) is 0 Å². The molecule has 0 aromatic heterocycles. The van der Waals surface area contributed by atoms with Gasteiger partial charge in [-0.05, 0) is 12.1 Å². The lowest BCUT2D eigenvalue weighted by Gasteiger charge is -2.12. The number of ether oxygens (including phenoxy) is 2. The highest BCUT2D eigenvalue weighted by Crippen LogP contribution is 2.36. The van der Waals surface area contributed by atoms with Crippen molar-refractivity contribution in [3.63, 3.8) is 0 Å². The number of hydrogen-bond acceptors (Lipinski definition) is 4. The average Bonchev–Trinajstić information content (AvgIpc) is 2.35. The van der Waals surface area contributed by atoms with Crippen LogP contribution in [-0.4, -0.2) is 31.1 Å². The largest absolute Gasteiger partial charge is 0.493 e. The first-order valence-corrected chi connectivity index (χ1v) is 5.24. The van der Waals surface area contributed by atoms with Crippen LogP contribution in [0.2, 0.25) is 5.02 Å². The minimum Gasteiger partial charge on any atom is -0.493 e. The van der Waals surface area contributed by atoms with Crippen molar-refractivity contribution in [2.45, 2.75) is 0 Å². The molecule has 0 spiro atoms. The van der Waals surface area contributed by atoms with E-state index in [1.54, 1.807) is 0 Å². The second-order valence-corrected chi connectivity index (χ2v) is 3.76. The van der Waals surface area contributed by atoms with Crippen LogP contribution in [0.15, 0.2) is 24.3 Å². The molecule has 1 N–H and O–H groups in total. The Morgan fingerprint density at radius 2 is 2.22 bits per heavy atom. The molecule has 0 radical (unpaired) electrons. The van der Waals surface area contributed by atoms with Crippen LogP contribution >= 0.6 is 11.6 Å². The van der Waals surface area contributed by atoms with Gasteiger partial charge in [0.1, 0.15) is 12.9 Å². The highest BCUT2D eigenvalue weighted by atomic mass is 35.5. The lowest BCUT2D eigenvalue weighted by molar-refractivity contribution is -0.133. The van der Waals surface area contributed by atoms with E-state index in [1.807, 2.05) is 0 Å². The maximum Gasteiger partial charge on any atom is 0.334 e. The number of carboxylic acids is 1. The Morgan fingerprint density at radius 1 is 1.56 bits per heavy atom. The van der Waals surface area contributed by atoms with Gasteiger partial charge in [-0.1, -0.05) is 18.2 Å². The lowest BCUT2D eigenvalue weighted by atomic mass is 10.2. The molecule has 0 unspecified atom stereocenters. The number of hydrogen-bond donors (Lipinski definition) is 1. The van der Waals surface area contributed by atoms with Crippen LogP contribution in [0.25, 0.3) is 0 Å². The summed E-state index contributed by atoms with van der Waals surface area (Å²) in [6.07, 6.45) is 0.619. The van der Waals surface area contributed by atoms with Crippen LogP contribution in [0.5, 0.6) is 11.5 Å². The highest BCUT2D eigenvalue weighted by Gasteiger charge is 2.13. The summed E-state index contributed by atoms with van der Waals surface area (Å²) in [6.45, 7) is 3.09. The molecule has 0 amide bonds. The highest BCUT2D eigenvalue weighted by molar-refractivity contribution is 6.32. The third-order valence-corrected chi connectivity index (χ3v) is 2.36. The summed E-state index contributed by atoms with van der Waals surface area (Å²) in [6, 6.07) is 2.84. The van der Waals surface area contributed by atoms with Crippen molar-refractivity contribution in [3.8, 4) is 11.5 Å². The SMILES string of the molecule is C=C(COc1c(Cl)cc(C=O)cc1OC)C(=O)O. The molecule has 0 aliphatic rings. The van der Waals surface area contributed by atoms with Gasteiger partial charge in [-0.2, -0.15) is 0 Å². The summed E-state index contributed by atoms with van der Waals surface area (Å²) in [5.41, 5.74) is 0.217. The maximum absolute atomic E-state index is 10.6. The number of methoxy groups -OCH3 is 1. The second-order valence-electron chi connectivity index (χ2n) is 3.35. The average molecular weight is 271 g/mol. The van der Waals surface area contributed by atoms with Gasteiger partial charge in [-0.15, -0.1) is 0 Å². The number of aldehydes is 1. The molecule has 1 aromatic rings. The summed E-state index contributed by atoms with van der Waals surface area (Å²) < 4.78 is 10.2. The molecule has 0 heterocycles. The van der Waals surface area contributed by atoms with Crippen molar-refractivity contribution < 1.29 is 24.2 Å². The Bertz CT molecular complexity index is 495. The molecule has 0 fully saturated rings. The van der Waals surface area contributed by atoms with Crippen LogP contribution in [0.3, 0.4) is 0 Å². The van der Waals surface area contributed by atoms with Crippen LogP contribution in [0.1, 0.15) is 10.4 Å². The number of benzene rings is 1. The minimum atomic E-state index is -1.16. The van der Waals surface area contributed by atoms with Gasteiger partial charge in [0.15, 0.2) is 11.5 Å². The number of carboxylic acid groups (broad SMARTS) is 1. The zero-order valence-corrected chi connectivity index (χ0v) is 10.4. The molecule has 0 saturated carbocycles. The predicted molar refractivity (Wildman–Crippen MR) is 65.7 cm³/mol. The maximum atomic E-state index is 10.6. The molecule has 0 bridgehead atoms. The van der Waals surface area contributed by atoms with Crippen LogP contribution in [0, 0.1) is 0 Å². The van der Waals surface area contributed by atoms with Gasteiger partial charge in [0.25, 0.3) is 0 Å². The van der Waals surface area contributed by atoms with Crippen LogP contribution in [-0.2, 0) is 4.79 Å². The fraction of sp³-hybridized carbons (Fsp3) is 0.167. The molecule has 1 rings (SSSR count). The van der Waals surface area contributed by atoms with Crippen molar-refractivity contribution in [3.05, 3.63) is 34.9 Å². The molecule has 5 nitrogen and oxygen atoms in total. The van der Waals surface area contributed by atoms with E-state index in [-0.39, 0.29) is 28.7 Å².